The fourth-order valence-corrected chi connectivity index (χ4v) is 5.46. The van der Waals surface area contributed by atoms with Crippen LogP contribution in [-0.4, -0.2) is 74.0 Å². The van der Waals surface area contributed by atoms with E-state index in [0.29, 0.717) is 61.3 Å². The van der Waals surface area contributed by atoms with Crippen LogP contribution in [0.5, 0.6) is 17.2 Å². The van der Waals surface area contributed by atoms with Crippen LogP contribution in [-0.2, 0) is 6.42 Å². The second-order valence-electron chi connectivity index (χ2n) is 10.1. The standard InChI is InChI=1S/C30H35N5O5/c1-19(28(36)22-14-20(2)29-26(17-22)39-12-13-40-29)15-27(32-18-31)34-9-7-23(8-10-34)35-11-6-21-16-24(38-3)4-5-25(21)33-30(35)37/h4-5,14-18,23H,1,6-13H2,2-3H3,(H2,31,32)(H,33,37)/b27-15+. The zero-order valence-electron chi connectivity index (χ0n) is 22.9. The number of carbonyl (C=O) groups is 2. The summed E-state index contributed by atoms with van der Waals surface area (Å²) in [6.45, 7) is 8.77. The number of nitrogens with two attached hydrogens (primary N) is 1. The summed E-state index contributed by atoms with van der Waals surface area (Å²) >= 11 is 0. The van der Waals surface area contributed by atoms with Crippen LogP contribution in [0.4, 0.5) is 10.5 Å². The van der Waals surface area contributed by atoms with E-state index in [1.807, 2.05) is 30.0 Å². The van der Waals surface area contributed by atoms with E-state index in [1.54, 1.807) is 25.3 Å². The van der Waals surface area contributed by atoms with Gasteiger partial charge >= 0.3 is 6.03 Å². The molecule has 10 nitrogen and oxygen atoms in total. The molecule has 0 unspecified atom stereocenters. The van der Waals surface area contributed by atoms with Crippen LogP contribution in [0.15, 0.2) is 59.4 Å². The molecule has 0 saturated carbocycles. The van der Waals surface area contributed by atoms with Crippen molar-refractivity contribution in [3.05, 3.63) is 71.1 Å². The number of aliphatic imine (C=N–C) groups is 1. The Kier molecular flexibility index (Phi) is 7.95. The Morgan fingerprint density at radius 3 is 2.70 bits per heavy atom. The van der Waals surface area contributed by atoms with Gasteiger partial charge < -0.3 is 35.1 Å². The number of Topliss-reactive ketones (excluding diaryl/α,β-unsaturated/α-hetero) is 1. The lowest BCUT2D eigenvalue weighted by atomic mass is 10.00. The van der Waals surface area contributed by atoms with Crippen LogP contribution in [0.3, 0.4) is 0 Å². The Bertz CT molecular complexity index is 1380. The average Bonchev–Trinajstić information content (AvgIpc) is 3.14. The minimum absolute atomic E-state index is 0.0843. The molecule has 1 saturated heterocycles. The summed E-state index contributed by atoms with van der Waals surface area (Å²) in [4.78, 5) is 34.7. The topological polar surface area (TPSA) is 119 Å². The number of aryl methyl sites for hydroxylation is 1. The minimum atomic E-state index is -0.225. The average molecular weight is 546 g/mol. The number of hydrogen-bond donors (Lipinski definition) is 2. The molecule has 3 aliphatic rings. The molecule has 3 aliphatic heterocycles. The van der Waals surface area contributed by atoms with Crippen LogP contribution in [0.25, 0.3) is 0 Å². The van der Waals surface area contributed by atoms with E-state index in [0.717, 1.165) is 41.8 Å². The van der Waals surface area contributed by atoms with Gasteiger partial charge in [0.25, 0.3) is 0 Å². The van der Waals surface area contributed by atoms with Crippen LogP contribution in [0.2, 0.25) is 0 Å². The number of rotatable bonds is 7. The van der Waals surface area contributed by atoms with E-state index in [1.165, 1.54) is 6.34 Å². The van der Waals surface area contributed by atoms with Crippen molar-refractivity contribution in [3.63, 3.8) is 0 Å². The number of amides is 2. The van der Waals surface area contributed by atoms with Gasteiger partial charge in [-0.2, -0.15) is 0 Å². The molecule has 0 aliphatic carbocycles. The van der Waals surface area contributed by atoms with Crippen molar-refractivity contribution in [2.75, 3.05) is 45.3 Å². The third-order valence-electron chi connectivity index (χ3n) is 7.56. The lowest BCUT2D eigenvalue weighted by Crippen LogP contribution is -2.48. The number of benzene rings is 2. The maximum Gasteiger partial charge on any atom is 0.322 e. The molecule has 2 aromatic rings. The Labute approximate surface area is 234 Å². The molecule has 3 heterocycles. The highest BCUT2D eigenvalue weighted by Crippen LogP contribution is 2.35. The Balaban J connectivity index is 1.25. The predicted octanol–water partition coefficient (Wildman–Crippen LogP) is 3.90. The Morgan fingerprint density at radius 2 is 1.95 bits per heavy atom. The molecule has 10 heteroatoms. The molecule has 0 atom stereocenters. The largest absolute Gasteiger partial charge is 0.497 e. The van der Waals surface area contributed by atoms with Gasteiger partial charge in [-0.25, -0.2) is 9.79 Å². The number of anilines is 1. The van der Waals surface area contributed by atoms with Crippen molar-refractivity contribution in [1.82, 2.24) is 9.80 Å². The number of nitrogens with one attached hydrogen (secondary N) is 1. The first-order valence-electron chi connectivity index (χ1n) is 13.5. The summed E-state index contributed by atoms with van der Waals surface area (Å²) in [7, 11) is 1.64. The van der Waals surface area contributed by atoms with Gasteiger partial charge in [0, 0.05) is 42.5 Å². The fourth-order valence-electron chi connectivity index (χ4n) is 5.46. The van der Waals surface area contributed by atoms with E-state index in [2.05, 4.69) is 21.8 Å². The quantitative estimate of drug-likeness (QED) is 0.178. The van der Waals surface area contributed by atoms with E-state index < -0.39 is 0 Å². The van der Waals surface area contributed by atoms with Crippen molar-refractivity contribution in [1.29, 1.82) is 0 Å². The van der Waals surface area contributed by atoms with Gasteiger partial charge in [0.1, 0.15) is 24.8 Å². The third kappa shape index (κ3) is 5.61. The van der Waals surface area contributed by atoms with Crippen LogP contribution in [0.1, 0.15) is 34.3 Å². The molecule has 2 amide bonds. The molecule has 210 valence electrons. The molecule has 0 aromatic heterocycles. The number of carbonyl (C=O) groups excluding carboxylic acids is 2. The van der Waals surface area contributed by atoms with Crippen molar-refractivity contribution in [2.24, 2.45) is 10.7 Å². The van der Waals surface area contributed by atoms with Gasteiger partial charge in [0.2, 0.25) is 0 Å². The number of allylic oxidation sites excluding steroid dienone is 2. The maximum absolute atomic E-state index is 13.3. The molecular formula is C30H35N5O5. The zero-order valence-corrected chi connectivity index (χ0v) is 22.9. The van der Waals surface area contributed by atoms with Crippen molar-refractivity contribution in [3.8, 4) is 17.2 Å². The number of ether oxygens (including phenoxy) is 3. The van der Waals surface area contributed by atoms with Crippen molar-refractivity contribution < 1.29 is 23.8 Å². The molecule has 2 aromatic carbocycles. The molecule has 40 heavy (non-hydrogen) atoms. The monoisotopic (exact) mass is 545 g/mol. The second kappa shape index (κ2) is 11.7. The van der Waals surface area contributed by atoms with Crippen LogP contribution < -0.4 is 25.3 Å². The minimum Gasteiger partial charge on any atom is -0.497 e. The number of piperidine rings is 1. The number of fused-ring (bicyclic) bond motifs is 2. The number of likely N-dealkylation sites (tertiary alicyclic amines) is 1. The normalized spacial score (nSPS) is 17.8. The van der Waals surface area contributed by atoms with Crippen LogP contribution in [0, 0.1) is 6.92 Å². The van der Waals surface area contributed by atoms with Gasteiger partial charge in [-0.05, 0) is 73.7 Å². The molecule has 0 spiro atoms. The predicted molar refractivity (Wildman–Crippen MR) is 153 cm³/mol. The molecule has 3 N–H and O–H groups in total. The summed E-state index contributed by atoms with van der Waals surface area (Å²) < 4.78 is 16.7. The highest BCUT2D eigenvalue weighted by atomic mass is 16.6. The molecule has 5 rings (SSSR count). The molecule has 1 fully saturated rings. The molecule has 0 radical (unpaired) electrons. The lowest BCUT2D eigenvalue weighted by Gasteiger charge is -2.38. The SMILES string of the molecule is C=C(/C=C(\N=C/N)N1CCC(N2CCc3cc(OC)ccc3NC2=O)CC1)C(=O)c1cc(C)c2c(c1)OCCO2. The lowest BCUT2D eigenvalue weighted by molar-refractivity contribution is 0.103. The number of nitrogens with zero attached hydrogens (tertiary/aromatic N) is 3. The first kappa shape index (κ1) is 27.1. The number of methoxy groups -OCH3 is 1. The maximum atomic E-state index is 13.3. The Hall–Kier alpha value is -4.47. The van der Waals surface area contributed by atoms with E-state index in [-0.39, 0.29) is 17.9 Å². The second-order valence-corrected chi connectivity index (χ2v) is 10.1. The van der Waals surface area contributed by atoms with Gasteiger partial charge in [0.05, 0.1) is 13.4 Å². The van der Waals surface area contributed by atoms with Gasteiger partial charge in [-0.15, -0.1) is 0 Å². The van der Waals surface area contributed by atoms with Crippen molar-refractivity contribution in [2.45, 2.75) is 32.2 Å². The summed E-state index contributed by atoms with van der Waals surface area (Å²) in [5.41, 5.74) is 9.15. The van der Waals surface area contributed by atoms with E-state index >= 15 is 0 Å². The van der Waals surface area contributed by atoms with Crippen molar-refractivity contribution >= 4 is 23.8 Å². The summed E-state index contributed by atoms with van der Waals surface area (Å²) in [6, 6.07) is 9.19. The highest BCUT2D eigenvalue weighted by molar-refractivity contribution is 6.10. The van der Waals surface area contributed by atoms with Gasteiger partial charge in [-0.1, -0.05) is 6.58 Å². The first-order valence-corrected chi connectivity index (χ1v) is 13.5. The zero-order chi connectivity index (χ0) is 28.2. The van der Waals surface area contributed by atoms with E-state index in [4.69, 9.17) is 19.9 Å². The summed E-state index contributed by atoms with van der Waals surface area (Å²) in [5.74, 6) is 2.35. The molecule has 0 bridgehead atoms. The third-order valence-corrected chi connectivity index (χ3v) is 7.56. The number of ketones is 1. The van der Waals surface area contributed by atoms with Crippen LogP contribution >= 0.6 is 0 Å². The highest BCUT2D eigenvalue weighted by Gasteiger charge is 2.31. The number of hydrogen-bond acceptors (Lipinski definition) is 7. The smallest absolute Gasteiger partial charge is 0.322 e. The van der Waals surface area contributed by atoms with E-state index in [9.17, 15) is 9.59 Å². The fraction of sp³-hybridized carbons (Fsp3) is 0.367. The van der Waals surface area contributed by atoms with Gasteiger partial charge in [-0.3, -0.25) is 4.79 Å². The first-order chi connectivity index (χ1) is 19.4. The summed E-state index contributed by atoms with van der Waals surface area (Å²) in [6.07, 6.45) is 5.15. The summed E-state index contributed by atoms with van der Waals surface area (Å²) in [5, 5.41) is 3.05. The Morgan fingerprint density at radius 1 is 1.18 bits per heavy atom. The number of urea groups is 1. The van der Waals surface area contributed by atoms with Gasteiger partial charge in [0.15, 0.2) is 17.3 Å². The molecular weight excluding hydrogens is 510 g/mol.